The third-order valence-corrected chi connectivity index (χ3v) is 3.26. The molecule has 2 rings (SSSR count). The van der Waals surface area contributed by atoms with Crippen molar-refractivity contribution in [1.82, 2.24) is 0 Å². The normalized spacial score (nSPS) is 11.0. The lowest BCUT2D eigenvalue weighted by atomic mass is 10.1. The number of nitriles is 1. The lowest BCUT2D eigenvalue weighted by Crippen LogP contribution is -2.13. The second-order valence-electron chi connectivity index (χ2n) is 5.34. The van der Waals surface area contributed by atoms with Gasteiger partial charge in [-0.15, -0.1) is 0 Å². The first-order chi connectivity index (χ1) is 11.5. The maximum absolute atomic E-state index is 12.3. The second-order valence-corrected chi connectivity index (χ2v) is 5.78. The Morgan fingerprint density at radius 3 is 2.67 bits per heavy atom. The number of nitrogens with zero attached hydrogens (tertiary/aromatic N) is 1. The molecule has 0 bridgehead atoms. The van der Waals surface area contributed by atoms with E-state index in [1.165, 1.54) is 6.08 Å². The summed E-state index contributed by atoms with van der Waals surface area (Å²) in [5.74, 6) is 0.120. The minimum absolute atomic E-state index is 0.00891. The summed E-state index contributed by atoms with van der Waals surface area (Å²) in [5.41, 5.74) is 1.18. The van der Waals surface area contributed by atoms with Crippen LogP contribution in [-0.4, -0.2) is 12.0 Å². The molecular formula is C19H17ClN2O2. The molecule has 0 heterocycles. The van der Waals surface area contributed by atoms with Crippen molar-refractivity contribution in [3.8, 4) is 11.8 Å². The van der Waals surface area contributed by atoms with E-state index in [1.807, 2.05) is 32.0 Å². The minimum Gasteiger partial charge on any atom is -0.490 e. The second kappa shape index (κ2) is 8.19. The molecule has 0 saturated heterocycles. The van der Waals surface area contributed by atoms with E-state index in [1.54, 1.807) is 36.4 Å². The summed E-state index contributed by atoms with van der Waals surface area (Å²) in [6, 6.07) is 15.9. The molecule has 0 saturated carbocycles. The molecule has 4 nitrogen and oxygen atoms in total. The summed E-state index contributed by atoms with van der Waals surface area (Å²) in [6.07, 6.45) is 1.50. The van der Waals surface area contributed by atoms with Gasteiger partial charge in [0, 0.05) is 16.3 Å². The van der Waals surface area contributed by atoms with Gasteiger partial charge in [-0.1, -0.05) is 35.9 Å². The van der Waals surface area contributed by atoms with Gasteiger partial charge in [0.25, 0.3) is 5.91 Å². The third kappa shape index (κ3) is 4.87. The average molecular weight is 341 g/mol. The Morgan fingerprint density at radius 2 is 2.00 bits per heavy atom. The molecule has 1 N–H and O–H groups in total. The van der Waals surface area contributed by atoms with Crippen molar-refractivity contribution in [2.75, 3.05) is 5.32 Å². The number of ether oxygens (including phenoxy) is 1. The van der Waals surface area contributed by atoms with E-state index < -0.39 is 5.91 Å². The van der Waals surface area contributed by atoms with E-state index in [2.05, 4.69) is 5.32 Å². The van der Waals surface area contributed by atoms with Gasteiger partial charge in [-0.3, -0.25) is 4.79 Å². The molecule has 24 heavy (non-hydrogen) atoms. The lowest BCUT2D eigenvalue weighted by Gasteiger charge is -2.12. The van der Waals surface area contributed by atoms with Crippen molar-refractivity contribution in [2.45, 2.75) is 20.0 Å². The molecule has 5 heteroatoms. The Bertz CT molecular complexity index is 807. The molecule has 0 unspecified atom stereocenters. The number of nitrogens with one attached hydrogen (secondary N) is 1. The zero-order valence-corrected chi connectivity index (χ0v) is 14.2. The van der Waals surface area contributed by atoms with Gasteiger partial charge >= 0.3 is 0 Å². The quantitative estimate of drug-likeness (QED) is 0.635. The number of benzene rings is 2. The number of amides is 1. The maximum atomic E-state index is 12.3. The van der Waals surface area contributed by atoms with Crippen LogP contribution in [-0.2, 0) is 4.79 Å². The number of carbonyl (C=O) groups excluding carboxylic acids is 1. The molecule has 0 aliphatic carbocycles. The number of hydrogen-bond donors (Lipinski definition) is 1. The third-order valence-electron chi connectivity index (χ3n) is 3.03. The molecule has 0 atom stereocenters. The molecular weight excluding hydrogens is 324 g/mol. The van der Waals surface area contributed by atoms with E-state index in [0.29, 0.717) is 22.0 Å². The van der Waals surface area contributed by atoms with Crippen molar-refractivity contribution in [3.63, 3.8) is 0 Å². The SMILES string of the molecule is CC(C)Oc1ccccc1/C=C(\C#N)C(=O)Nc1cccc(Cl)c1. The van der Waals surface area contributed by atoms with Crippen molar-refractivity contribution in [2.24, 2.45) is 0 Å². The summed E-state index contributed by atoms with van der Waals surface area (Å²) in [7, 11) is 0. The highest BCUT2D eigenvalue weighted by atomic mass is 35.5. The zero-order valence-electron chi connectivity index (χ0n) is 13.4. The Labute approximate surface area is 146 Å². The molecule has 0 fully saturated rings. The fourth-order valence-electron chi connectivity index (χ4n) is 2.03. The van der Waals surface area contributed by atoms with Crippen LogP contribution in [0.3, 0.4) is 0 Å². The van der Waals surface area contributed by atoms with Gasteiger partial charge in [0.05, 0.1) is 6.10 Å². The Kier molecular flexibility index (Phi) is 6.00. The molecule has 0 aromatic heterocycles. The first kappa shape index (κ1) is 17.6. The van der Waals surface area contributed by atoms with Gasteiger partial charge in [0.1, 0.15) is 17.4 Å². The monoisotopic (exact) mass is 340 g/mol. The highest BCUT2D eigenvalue weighted by molar-refractivity contribution is 6.31. The Morgan fingerprint density at radius 1 is 1.25 bits per heavy atom. The van der Waals surface area contributed by atoms with E-state index >= 15 is 0 Å². The Balaban J connectivity index is 2.26. The predicted octanol–water partition coefficient (Wildman–Crippen LogP) is 4.67. The molecule has 1 amide bonds. The smallest absolute Gasteiger partial charge is 0.266 e. The van der Waals surface area contributed by atoms with Crippen molar-refractivity contribution in [3.05, 3.63) is 64.7 Å². The molecule has 122 valence electrons. The lowest BCUT2D eigenvalue weighted by molar-refractivity contribution is -0.112. The van der Waals surface area contributed by atoms with Crippen molar-refractivity contribution >= 4 is 29.3 Å². The van der Waals surface area contributed by atoms with E-state index in [-0.39, 0.29) is 11.7 Å². The molecule has 0 radical (unpaired) electrons. The van der Waals surface area contributed by atoms with E-state index in [9.17, 15) is 10.1 Å². The minimum atomic E-state index is -0.501. The number of halogens is 1. The van der Waals surface area contributed by atoms with Crippen LogP contribution in [0.2, 0.25) is 5.02 Å². The molecule has 0 spiro atoms. The first-order valence-corrected chi connectivity index (χ1v) is 7.82. The van der Waals surface area contributed by atoms with Crippen LogP contribution < -0.4 is 10.1 Å². The van der Waals surface area contributed by atoms with E-state index in [4.69, 9.17) is 16.3 Å². The summed E-state index contributed by atoms with van der Waals surface area (Å²) in [4.78, 5) is 12.3. The largest absolute Gasteiger partial charge is 0.490 e. The summed E-state index contributed by atoms with van der Waals surface area (Å²) in [6.45, 7) is 3.83. The molecule has 2 aromatic rings. The fraction of sp³-hybridized carbons (Fsp3) is 0.158. The fourth-order valence-corrected chi connectivity index (χ4v) is 2.22. The van der Waals surface area contributed by atoms with Gasteiger partial charge in [0.15, 0.2) is 0 Å². The maximum Gasteiger partial charge on any atom is 0.266 e. The van der Waals surface area contributed by atoms with Crippen LogP contribution >= 0.6 is 11.6 Å². The first-order valence-electron chi connectivity index (χ1n) is 7.44. The molecule has 0 aliphatic rings. The van der Waals surface area contributed by atoms with Gasteiger partial charge < -0.3 is 10.1 Å². The van der Waals surface area contributed by atoms with Crippen molar-refractivity contribution in [1.29, 1.82) is 5.26 Å². The predicted molar refractivity (Wildman–Crippen MR) is 95.9 cm³/mol. The highest BCUT2D eigenvalue weighted by Crippen LogP contribution is 2.23. The van der Waals surface area contributed by atoms with Crippen molar-refractivity contribution < 1.29 is 9.53 Å². The summed E-state index contributed by atoms with van der Waals surface area (Å²) < 4.78 is 5.70. The van der Waals surface area contributed by atoms with Crippen LogP contribution in [0.4, 0.5) is 5.69 Å². The van der Waals surface area contributed by atoms with Crippen LogP contribution in [0.5, 0.6) is 5.75 Å². The summed E-state index contributed by atoms with van der Waals surface area (Å²) in [5, 5.41) is 12.5. The number of anilines is 1. The highest BCUT2D eigenvalue weighted by Gasteiger charge is 2.12. The number of hydrogen-bond acceptors (Lipinski definition) is 3. The topological polar surface area (TPSA) is 62.1 Å². The van der Waals surface area contributed by atoms with Crippen LogP contribution in [0, 0.1) is 11.3 Å². The van der Waals surface area contributed by atoms with Gasteiger partial charge in [-0.2, -0.15) is 5.26 Å². The average Bonchev–Trinajstić information content (AvgIpc) is 2.53. The van der Waals surface area contributed by atoms with Gasteiger partial charge in [0.2, 0.25) is 0 Å². The molecule has 2 aromatic carbocycles. The van der Waals surface area contributed by atoms with Gasteiger partial charge in [-0.05, 0) is 44.2 Å². The van der Waals surface area contributed by atoms with Crippen LogP contribution in [0.25, 0.3) is 6.08 Å². The van der Waals surface area contributed by atoms with Gasteiger partial charge in [-0.25, -0.2) is 0 Å². The zero-order chi connectivity index (χ0) is 17.5. The van der Waals surface area contributed by atoms with Crippen LogP contribution in [0.15, 0.2) is 54.1 Å². The number of rotatable bonds is 5. The standard InChI is InChI=1S/C19H17ClN2O2/c1-13(2)24-18-9-4-3-6-14(18)10-15(12-21)19(23)22-17-8-5-7-16(20)11-17/h3-11,13H,1-2H3,(H,22,23)/b15-10+. The number of para-hydroxylation sites is 1. The van der Waals surface area contributed by atoms with E-state index in [0.717, 1.165) is 0 Å². The Hall–Kier alpha value is -2.77. The number of carbonyl (C=O) groups is 1. The molecule has 0 aliphatic heterocycles. The summed E-state index contributed by atoms with van der Waals surface area (Å²) >= 11 is 5.89. The van der Waals surface area contributed by atoms with Crippen LogP contribution in [0.1, 0.15) is 19.4 Å².